The molecule has 0 aliphatic carbocycles. The number of nitrogens with one attached hydrogen (secondary N) is 1. The Labute approximate surface area is 89.4 Å². The summed E-state index contributed by atoms with van der Waals surface area (Å²) < 4.78 is 4.92. The van der Waals surface area contributed by atoms with Crippen molar-refractivity contribution in [1.29, 1.82) is 0 Å². The average molecular weight is 208 g/mol. The fourth-order valence-electron chi connectivity index (χ4n) is 0.976. The minimum atomic E-state index is -0.467. The number of hydrogen-bond donors (Lipinski definition) is 2. The number of rotatable bonds is 4. The van der Waals surface area contributed by atoms with Gasteiger partial charge in [-0.1, -0.05) is 25.1 Å². The van der Waals surface area contributed by atoms with E-state index in [2.05, 4.69) is 5.32 Å². The molecule has 0 aliphatic heterocycles. The molecule has 15 heavy (non-hydrogen) atoms. The number of anilines is 1. The Kier molecular flexibility index (Phi) is 4.63. The number of benzene rings is 1. The molecular formula is C11H16N2O2. The van der Waals surface area contributed by atoms with E-state index in [4.69, 9.17) is 10.5 Å². The van der Waals surface area contributed by atoms with Crippen molar-refractivity contribution in [2.24, 2.45) is 5.73 Å². The predicted octanol–water partition coefficient (Wildman–Crippen LogP) is 1.97. The molecule has 0 aromatic heterocycles. The van der Waals surface area contributed by atoms with Crippen LogP contribution in [0.5, 0.6) is 0 Å². The van der Waals surface area contributed by atoms with Crippen molar-refractivity contribution in [3.63, 3.8) is 0 Å². The van der Waals surface area contributed by atoms with Crippen molar-refractivity contribution in [3.05, 3.63) is 30.3 Å². The molecule has 0 fully saturated rings. The zero-order valence-corrected chi connectivity index (χ0v) is 8.77. The molecule has 4 heteroatoms. The lowest BCUT2D eigenvalue weighted by molar-refractivity contribution is 0.153. The molecule has 1 aromatic rings. The molecule has 82 valence electrons. The van der Waals surface area contributed by atoms with Crippen LogP contribution in [0.4, 0.5) is 10.5 Å². The molecule has 0 radical (unpaired) electrons. The summed E-state index contributed by atoms with van der Waals surface area (Å²) in [5, 5.41) is 2.60. The lowest BCUT2D eigenvalue weighted by atomic mass is 10.3. The Morgan fingerprint density at radius 3 is 2.73 bits per heavy atom. The predicted molar refractivity (Wildman–Crippen MR) is 59.7 cm³/mol. The van der Waals surface area contributed by atoms with E-state index < -0.39 is 6.09 Å². The molecule has 0 bridgehead atoms. The lowest BCUT2D eigenvalue weighted by Gasteiger charge is -2.10. The van der Waals surface area contributed by atoms with Gasteiger partial charge in [-0.25, -0.2) is 4.79 Å². The maximum atomic E-state index is 11.2. The molecule has 0 spiro atoms. The van der Waals surface area contributed by atoms with Gasteiger partial charge in [0.05, 0.1) is 0 Å². The normalized spacial score (nSPS) is 11.9. The summed E-state index contributed by atoms with van der Waals surface area (Å²) >= 11 is 0. The van der Waals surface area contributed by atoms with Crippen LogP contribution in [0.15, 0.2) is 30.3 Å². The summed E-state index contributed by atoms with van der Waals surface area (Å²) in [6.45, 7) is 2.19. The molecule has 0 heterocycles. The second-order valence-corrected chi connectivity index (χ2v) is 3.26. The van der Waals surface area contributed by atoms with Gasteiger partial charge in [-0.3, -0.25) is 5.32 Å². The number of hydrogen-bond acceptors (Lipinski definition) is 3. The second kappa shape index (κ2) is 6.03. The minimum absolute atomic E-state index is 0.0912. The van der Waals surface area contributed by atoms with Gasteiger partial charge in [0, 0.05) is 11.7 Å². The van der Waals surface area contributed by atoms with Gasteiger partial charge < -0.3 is 10.5 Å². The standard InChI is InChI=1S/C11H16N2O2/c1-2-9(12)8-15-11(14)13-10-6-4-3-5-7-10/h3-7,9H,2,8,12H2,1H3,(H,13,14). The van der Waals surface area contributed by atoms with Crippen molar-refractivity contribution in [2.45, 2.75) is 19.4 Å². The van der Waals surface area contributed by atoms with Gasteiger partial charge >= 0.3 is 6.09 Å². The van der Waals surface area contributed by atoms with Crippen LogP contribution in [0.3, 0.4) is 0 Å². The molecule has 0 saturated carbocycles. The zero-order valence-electron chi connectivity index (χ0n) is 8.77. The van der Waals surface area contributed by atoms with Crippen molar-refractivity contribution < 1.29 is 9.53 Å². The van der Waals surface area contributed by atoms with Gasteiger partial charge in [0.25, 0.3) is 0 Å². The molecule has 1 aromatic carbocycles. The first-order valence-corrected chi connectivity index (χ1v) is 4.96. The van der Waals surface area contributed by atoms with Gasteiger partial charge in [-0.05, 0) is 18.6 Å². The fraction of sp³-hybridized carbons (Fsp3) is 0.364. The van der Waals surface area contributed by atoms with Crippen molar-refractivity contribution in [1.82, 2.24) is 0 Å². The van der Waals surface area contributed by atoms with E-state index in [1.54, 1.807) is 12.1 Å². The third-order valence-corrected chi connectivity index (χ3v) is 1.97. The second-order valence-electron chi connectivity index (χ2n) is 3.26. The summed E-state index contributed by atoms with van der Waals surface area (Å²) in [5.41, 5.74) is 6.32. The molecule has 1 unspecified atom stereocenters. The first-order valence-electron chi connectivity index (χ1n) is 4.96. The lowest BCUT2D eigenvalue weighted by Crippen LogP contribution is -2.28. The molecule has 0 saturated heterocycles. The van der Waals surface area contributed by atoms with Crippen molar-refractivity contribution in [3.8, 4) is 0 Å². The third-order valence-electron chi connectivity index (χ3n) is 1.97. The molecule has 0 aliphatic rings. The SMILES string of the molecule is CCC(N)COC(=O)Nc1ccccc1. The molecule has 1 amide bonds. The van der Waals surface area contributed by atoms with E-state index >= 15 is 0 Å². The van der Waals surface area contributed by atoms with Crippen molar-refractivity contribution >= 4 is 11.8 Å². The van der Waals surface area contributed by atoms with Gasteiger partial charge in [0.1, 0.15) is 6.61 Å². The van der Waals surface area contributed by atoms with Crippen LogP contribution >= 0.6 is 0 Å². The van der Waals surface area contributed by atoms with E-state index in [1.165, 1.54) is 0 Å². The Morgan fingerprint density at radius 1 is 1.47 bits per heavy atom. The average Bonchev–Trinajstić information content (AvgIpc) is 2.27. The highest BCUT2D eigenvalue weighted by molar-refractivity contribution is 5.84. The first kappa shape index (κ1) is 11.5. The first-order chi connectivity index (χ1) is 7.22. The topological polar surface area (TPSA) is 64.3 Å². The van der Waals surface area contributed by atoms with Crippen LogP contribution in [-0.2, 0) is 4.74 Å². The van der Waals surface area contributed by atoms with Crippen LogP contribution in [0.1, 0.15) is 13.3 Å². The van der Waals surface area contributed by atoms with Gasteiger partial charge in [-0.15, -0.1) is 0 Å². The van der Waals surface area contributed by atoms with Gasteiger partial charge in [-0.2, -0.15) is 0 Å². The number of carbonyl (C=O) groups excluding carboxylic acids is 1. The van der Waals surface area contributed by atoms with Crippen LogP contribution < -0.4 is 11.1 Å². The van der Waals surface area contributed by atoms with E-state index in [-0.39, 0.29) is 12.6 Å². The van der Waals surface area contributed by atoms with Gasteiger partial charge in [0.2, 0.25) is 0 Å². The van der Waals surface area contributed by atoms with E-state index in [0.717, 1.165) is 6.42 Å². The summed E-state index contributed by atoms with van der Waals surface area (Å²) in [5.74, 6) is 0. The maximum Gasteiger partial charge on any atom is 0.411 e. The Balaban J connectivity index is 2.31. The monoisotopic (exact) mass is 208 g/mol. The van der Waals surface area contributed by atoms with Crippen molar-refractivity contribution in [2.75, 3.05) is 11.9 Å². The molecular weight excluding hydrogens is 192 g/mol. The maximum absolute atomic E-state index is 11.2. The van der Waals surface area contributed by atoms with Crippen LogP contribution in [0.25, 0.3) is 0 Å². The van der Waals surface area contributed by atoms with Crippen LogP contribution in [-0.4, -0.2) is 18.7 Å². The van der Waals surface area contributed by atoms with E-state index in [0.29, 0.717) is 5.69 Å². The highest BCUT2D eigenvalue weighted by atomic mass is 16.5. The zero-order chi connectivity index (χ0) is 11.1. The summed E-state index contributed by atoms with van der Waals surface area (Å²) in [6.07, 6.45) is 0.323. The Bertz CT molecular complexity index is 301. The fourth-order valence-corrected chi connectivity index (χ4v) is 0.976. The number of carbonyl (C=O) groups is 1. The molecule has 1 atom stereocenters. The molecule has 4 nitrogen and oxygen atoms in total. The molecule has 1 rings (SSSR count). The number of nitrogens with two attached hydrogens (primary N) is 1. The quantitative estimate of drug-likeness (QED) is 0.795. The largest absolute Gasteiger partial charge is 0.448 e. The number of ether oxygens (including phenoxy) is 1. The van der Waals surface area contributed by atoms with E-state index in [9.17, 15) is 4.79 Å². The van der Waals surface area contributed by atoms with Gasteiger partial charge in [0.15, 0.2) is 0 Å². The van der Waals surface area contributed by atoms with Crippen LogP contribution in [0, 0.1) is 0 Å². The molecule has 3 N–H and O–H groups in total. The number of amides is 1. The summed E-state index contributed by atoms with van der Waals surface area (Å²) in [6, 6.07) is 9.05. The highest BCUT2D eigenvalue weighted by Gasteiger charge is 2.05. The van der Waals surface area contributed by atoms with E-state index in [1.807, 2.05) is 25.1 Å². The Hall–Kier alpha value is -1.55. The summed E-state index contributed by atoms with van der Waals surface area (Å²) in [4.78, 5) is 11.2. The Morgan fingerprint density at radius 2 is 2.13 bits per heavy atom. The number of para-hydroxylation sites is 1. The highest BCUT2D eigenvalue weighted by Crippen LogP contribution is 2.05. The minimum Gasteiger partial charge on any atom is -0.448 e. The third kappa shape index (κ3) is 4.46. The van der Waals surface area contributed by atoms with Crippen LogP contribution in [0.2, 0.25) is 0 Å². The summed E-state index contributed by atoms with van der Waals surface area (Å²) in [7, 11) is 0. The smallest absolute Gasteiger partial charge is 0.411 e.